The Morgan fingerprint density at radius 1 is 0.938 bits per heavy atom. The summed E-state index contributed by atoms with van der Waals surface area (Å²) in [7, 11) is 0. The maximum atomic E-state index is 3.99. The molecular weight excluding hydrogens is 194 g/mol. The number of aromatic nitrogens is 1. The number of aryl methyl sites for hydroxylation is 1. The largest absolute Gasteiger partial charge is 0.265 e. The normalized spacial score (nSPS) is 9.25. The smallest absolute Gasteiger partial charge is 0.0270 e. The molecule has 0 saturated carbocycles. The van der Waals surface area contributed by atoms with Gasteiger partial charge in [-0.25, -0.2) is 0 Å². The highest BCUT2D eigenvalue weighted by Gasteiger charge is 1.88. The molecule has 1 heterocycles. The quantitative estimate of drug-likeness (QED) is 0.690. The molecule has 2 rings (SSSR count). The summed E-state index contributed by atoms with van der Waals surface area (Å²) in [6.45, 7) is 0. The minimum absolute atomic E-state index is 0.888. The van der Waals surface area contributed by atoms with Crippen LogP contribution in [0, 0.1) is 11.8 Å². The second-order valence-electron chi connectivity index (χ2n) is 3.52. The highest BCUT2D eigenvalue weighted by molar-refractivity contribution is 5.33. The maximum Gasteiger partial charge on any atom is 0.0270 e. The summed E-state index contributed by atoms with van der Waals surface area (Å²) in [5.74, 6) is 6.33. The molecule has 0 bridgehead atoms. The number of benzene rings is 1. The SMILES string of the molecule is C(#Cc1ccccc1)CCc1ccncc1. The van der Waals surface area contributed by atoms with Gasteiger partial charge in [0.25, 0.3) is 0 Å². The second-order valence-corrected chi connectivity index (χ2v) is 3.52. The molecule has 2 aromatic rings. The van der Waals surface area contributed by atoms with Gasteiger partial charge in [0.1, 0.15) is 0 Å². The molecule has 0 aliphatic carbocycles. The van der Waals surface area contributed by atoms with Gasteiger partial charge in [-0.05, 0) is 36.2 Å². The van der Waals surface area contributed by atoms with Gasteiger partial charge >= 0.3 is 0 Å². The van der Waals surface area contributed by atoms with Crippen LogP contribution < -0.4 is 0 Å². The van der Waals surface area contributed by atoms with Gasteiger partial charge in [0, 0.05) is 24.4 Å². The van der Waals surface area contributed by atoms with Crippen molar-refractivity contribution in [1.29, 1.82) is 0 Å². The first kappa shape index (κ1) is 10.4. The molecule has 0 amide bonds. The van der Waals surface area contributed by atoms with Crippen LogP contribution in [-0.4, -0.2) is 4.98 Å². The first-order valence-corrected chi connectivity index (χ1v) is 5.38. The van der Waals surface area contributed by atoms with E-state index in [4.69, 9.17) is 0 Å². The molecule has 1 nitrogen and oxygen atoms in total. The van der Waals surface area contributed by atoms with E-state index in [2.05, 4.69) is 16.8 Å². The summed E-state index contributed by atoms with van der Waals surface area (Å²) in [5, 5.41) is 0. The molecule has 0 unspecified atom stereocenters. The van der Waals surface area contributed by atoms with Crippen LogP contribution in [0.15, 0.2) is 54.9 Å². The lowest BCUT2D eigenvalue weighted by Crippen LogP contribution is -1.83. The predicted molar refractivity (Wildman–Crippen MR) is 65.9 cm³/mol. The van der Waals surface area contributed by atoms with Crippen LogP contribution in [0.2, 0.25) is 0 Å². The Hall–Kier alpha value is -2.07. The molecule has 0 atom stereocenters. The van der Waals surface area contributed by atoms with Crippen molar-refractivity contribution in [3.8, 4) is 11.8 Å². The Morgan fingerprint density at radius 2 is 1.69 bits per heavy atom. The third-order valence-corrected chi connectivity index (χ3v) is 2.29. The van der Waals surface area contributed by atoms with Gasteiger partial charge in [0.05, 0.1) is 0 Å². The fourth-order valence-electron chi connectivity index (χ4n) is 1.44. The lowest BCUT2D eigenvalue weighted by atomic mass is 10.1. The monoisotopic (exact) mass is 207 g/mol. The summed E-state index contributed by atoms with van der Waals surface area (Å²) < 4.78 is 0. The molecule has 0 fully saturated rings. The summed E-state index contributed by atoms with van der Waals surface area (Å²) in [6.07, 6.45) is 5.52. The number of hydrogen-bond donors (Lipinski definition) is 0. The zero-order valence-corrected chi connectivity index (χ0v) is 9.06. The van der Waals surface area contributed by atoms with Gasteiger partial charge in [-0.15, -0.1) is 0 Å². The fraction of sp³-hybridized carbons (Fsp3) is 0.133. The summed E-state index contributed by atoms with van der Waals surface area (Å²) in [4.78, 5) is 3.99. The minimum Gasteiger partial charge on any atom is -0.265 e. The summed E-state index contributed by atoms with van der Waals surface area (Å²) >= 11 is 0. The van der Waals surface area contributed by atoms with Gasteiger partial charge < -0.3 is 0 Å². The molecule has 0 saturated heterocycles. The van der Waals surface area contributed by atoms with Gasteiger partial charge in [0.15, 0.2) is 0 Å². The lowest BCUT2D eigenvalue weighted by Gasteiger charge is -1.94. The fourth-order valence-corrected chi connectivity index (χ4v) is 1.44. The van der Waals surface area contributed by atoms with E-state index in [9.17, 15) is 0 Å². The Bertz CT molecular complexity index is 477. The van der Waals surface area contributed by atoms with Crippen molar-refractivity contribution in [2.24, 2.45) is 0 Å². The molecule has 1 aromatic heterocycles. The van der Waals surface area contributed by atoms with E-state index in [0.717, 1.165) is 18.4 Å². The average molecular weight is 207 g/mol. The number of pyridine rings is 1. The van der Waals surface area contributed by atoms with E-state index in [-0.39, 0.29) is 0 Å². The van der Waals surface area contributed by atoms with Crippen LogP contribution in [0.1, 0.15) is 17.5 Å². The predicted octanol–water partition coefficient (Wildman–Crippen LogP) is 3.07. The standard InChI is InChI=1S/C15H13N/c1-2-6-14(7-3-1)8-4-5-9-15-10-12-16-13-11-15/h1-3,6-7,10-13H,5,9H2. The topological polar surface area (TPSA) is 12.9 Å². The van der Waals surface area contributed by atoms with Crippen LogP contribution in [0.25, 0.3) is 0 Å². The van der Waals surface area contributed by atoms with Crippen LogP contribution in [0.5, 0.6) is 0 Å². The van der Waals surface area contributed by atoms with Crippen molar-refractivity contribution in [2.45, 2.75) is 12.8 Å². The molecule has 0 aliphatic heterocycles. The molecule has 78 valence electrons. The van der Waals surface area contributed by atoms with E-state index in [1.54, 1.807) is 0 Å². The zero-order valence-electron chi connectivity index (χ0n) is 9.06. The molecule has 0 N–H and O–H groups in total. The molecule has 1 aromatic carbocycles. The van der Waals surface area contributed by atoms with Crippen molar-refractivity contribution in [2.75, 3.05) is 0 Å². The Labute approximate surface area is 96.2 Å². The highest BCUT2D eigenvalue weighted by Crippen LogP contribution is 2.00. The first-order chi connectivity index (χ1) is 7.95. The van der Waals surface area contributed by atoms with Crippen molar-refractivity contribution >= 4 is 0 Å². The molecule has 0 aliphatic rings. The molecule has 0 spiro atoms. The second kappa shape index (κ2) is 5.72. The highest BCUT2D eigenvalue weighted by atomic mass is 14.6. The number of rotatable bonds is 2. The van der Waals surface area contributed by atoms with Gasteiger partial charge in [-0.1, -0.05) is 30.0 Å². The average Bonchev–Trinajstić information content (AvgIpc) is 2.37. The first-order valence-electron chi connectivity index (χ1n) is 5.38. The van der Waals surface area contributed by atoms with Crippen molar-refractivity contribution in [1.82, 2.24) is 4.98 Å². The maximum absolute atomic E-state index is 3.99. The third-order valence-electron chi connectivity index (χ3n) is 2.29. The van der Waals surface area contributed by atoms with E-state index in [1.807, 2.05) is 54.9 Å². The molecule has 1 heteroatoms. The molecule has 16 heavy (non-hydrogen) atoms. The molecule has 0 radical (unpaired) electrons. The van der Waals surface area contributed by atoms with E-state index in [1.165, 1.54) is 5.56 Å². The van der Waals surface area contributed by atoms with E-state index < -0.39 is 0 Å². The van der Waals surface area contributed by atoms with Crippen LogP contribution in [0.4, 0.5) is 0 Å². The van der Waals surface area contributed by atoms with Gasteiger partial charge in [0.2, 0.25) is 0 Å². The zero-order chi connectivity index (χ0) is 11.1. The van der Waals surface area contributed by atoms with E-state index >= 15 is 0 Å². The van der Waals surface area contributed by atoms with Crippen LogP contribution in [0.3, 0.4) is 0 Å². The van der Waals surface area contributed by atoms with Gasteiger partial charge in [-0.2, -0.15) is 0 Å². The van der Waals surface area contributed by atoms with Crippen LogP contribution in [-0.2, 0) is 6.42 Å². The Kier molecular flexibility index (Phi) is 3.74. The van der Waals surface area contributed by atoms with E-state index in [0.29, 0.717) is 0 Å². The Morgan fingerprint density at radius 3 is 2.44 bits per heavy atom. The summed E-state index contributed by atoms with van der Waals surface area (Å²) in [6, 6.07) is 14.1. The lowest BCUT2D eigenvalue weighted by molar-refractivity contribution is 1.02. The minimum atomic E-state index is 0.888. The van der Waals surface area contributed by atoms with Crippen molar-refractivity contribution < 1.29 is 0 Å². The summed E-state index contributed by atoms with van der Waals surface area (Å²) in [5.41, 5.74) is 2.37. The number of hydrogen-bond acceptors (Lipinski definition) is 1. The Balaban J connectivity index is 1.87. The molecular formula is C15H13N. The van der Waals surface area contributed by atoms with Crippen LogP contribution >= 0.6 is 0 Å². The van der Waals surface area contributed by atoms with Gasteiger partial charge in [-0.3, -0.25) is 4.98 Å². The third kappa shape index (κ3) is 3.25. The van der Waals surface area contributed by atoms with Crippen molar-refractivity contribution in [3.05, 3.63) is 66.0 Å². The van der Waals surface area contributed by atoms with Crippen molar-refractivity contribution in [3.63, 3.8) is 0 Å². The number of nitrogens with zero attached hydrogens (tertiary/aromatic N) is 1.